The van der Waals surface area contributed by atoms with E-state index < -0.39 is 0 Å². The highest BCUT2D eigenvalue weighted by Crippen LogP contribution is 2.17. The van der Waals surface area contributed by atoms with Gasteiger partial charge in [-0.2, -0.15) is 0 Å². The minimum Gasteiger partial charge on any atom is -0.468 e. The van der Waals surface area contributed by atoms with Crippen LogP contribution in [0.5, 0.6) is 0 Å². The first-order valence-corrected chi connectivity index (χ1v) is 5.56. The summed E-state index contributed by atoms with van der Waals surface area (Å²) >= 11 is 5.08. The molecule has 1 saturated carbocycles. The summed E-state index contributed by atoms with van der Waals surface area (Å²) in [7, 11) is 0. The number of thiocarbonyl (C=S) groups is 1. The van der Waals surface area contributed by atoms with Gasteiger partial charge in [0.1, 0.15) is 0 Å². The van der Waals surface area contributed by atoms with E-state index in [9.17, 15) is 0 Å². The molecule has 1 aliphatic carbocycles. The van der Waals surface area contributed by atoms with Crippen molar-refractivity contribution < 1.29 is 4.74 Å². The first kappa shape index (κ1) is 10.8. The Kier molecular flexibility index (Phi) is 4.50. The number of ether oxygens (including phenoxy) is 1. The fourth-order valence-corrected chi connectivity index (χ4v) is 2.02. The molecule has 0 unspecified atom stereocenters. The van der Waals surface area contributed by atoms with Crippen LogP contribution in [-0.2, 0) is 4.74 Å². The second kappa shape index (κ2) is 5.43. The highest BCUT2D eigenvalue weighted by molar-refractivity contribution is 7.80. The van der Waals surface area contributed by atoms with Gasteiger partial charge in [0, 0.05) is 6.04 Å². The smallest absolute Gasteiger partial charge is 0.257 e. The summed E-state index contributed by atoms with van der Waals surface area (Å²) in [6, 6.07) is 0.556. The molecular weight excluding hydrogens is 182 g/mol. The third-order valence-corrected chi connectivity index (χ3v) is 2.48. The van der Waals surface area contributed by atoms with Crippen molar-refractivity contribution >= 4 is 17.4 Å². The highest BCUT2D eigenvalue weighted by atomic mass is 32.1. The van der Waals surface area contributed by atoms with Crippen molar-refractivity contribution in [3.8, 4) is 0 Å². The van der Waals surface area contributed by atoms with E-state index >= 15 is 0 Å². The quantitative estimate of drug-likeness (QED) is 0.694. The molecule has 0 spiro atoms. The third kappa shape index (κ3) is 4.46. The lowest BCUT2D eigenvalue weighted by Crippen LogP contribution is -2.37. The maximum Gasteiger partial charge on any atom is 0.257 e. The number of hydrogen-bond donors (Lipinski definition) is 1. The zero-order chi connectivity index (χ0) is 9.68. The van der Waals surface area contributed by atoms with Gasteiger partial charge in [0.25, 0.3) is 5.17 Å². The van der Waals surface area contributed by atoms with Gasteiger partial charge in [-0.1, -0.05) is 19.3 Å². The molecule has 0 aliphatic heterocycles. The summed E-state index contributed by atoms with van der Waals surface area (Å²) in [5.74, 6) is 0. The minimum absolute atomic E-state index is 0.184. The Morgan fingerprint density at radius 1 is 1.31 bits per heavy atom. The molecule has 1 rings (SSSR count). The van der Waals surface area contributed by atoms with Crippen molar-refractivity contribution in [2.24, 2.45) is 0 Å². The molecular formula is C10H19NOS. The highest BCUT2D eigenvalue weighted by Gasteiger charge is 2.14. The van der Waals surface area contributed by atoms with Crippen LogP contribution in [0.15, 0.2) is 0 Å². The monoisotopic (exact) mass is 201 g/mol. The normalized spacial score (nSPS) is 18.7. The minimum atomic E-state index is 0.184. The predicted octanol–water partition coefficient (Wildman–Crippen LogP) is 2.62. The van der Waals surface area contributed by atoms with E-state index in [1.165, 1.54) is 32.1 Å². The van der Waals surface area contributed by atoms with Gasteiger partial charge in [-0.3, -0.25) is 0 Å². The van der Waals surface area contributed by atoms with Crippen LogP contribution >= 0.6 is 12.2 Å². The van der Waals surface area contributed by atoms with Crippen LogP contribution < -0.4 is 5.32 Å². The summed E-state index contributed by atoms with van der Waals surface area (Å²) in [4.78, 5) is 0. The van der Waals surface area contributed by atoms with Gasteiger partial charge < -0.3 is 10.1 Å². The van der Waals surface area contributed by atoms with E-state index in [-0.39, 0.29) is 6.10 Å². The molecule has 3 heteroatoms. The molecule has 0 saturated heterocycles. The van der Waals surface area contributed by atoms with Crippen LogP contribution in [0.25, 0.3) is 0 Å². The molecule has 0 aromatic carbocycles. The van der Waals surface area contributed by atoms with Gasteiger partial charge in [-0.05, 0) is 38.9 Å². The van der Waals surface area contributed by atoms with E-state index in [0.29, 0.717) is 11.2 Å². The Labute approximate surface area is 86.0 Å². The van der Waals surface area contributed by atoms with Crippen LogP contribution in [0.1, 0.15) is 46.0 Å². The summed E-state index contributed by atoms with van der Waals surface area (Å²) in [6.45, 7) is 3.99. The second-order valence-electron chi connectivity index (χ2n) is 3.93. The molecule has 1 aliphatic rings. The Morgan fingerprint density at radius 3 is 2.46 bits per heavy atom. The average Bonchev–Trinajstić information content (AvgIpc) is 2.04. The van der Waals surface area contributed by atoms with E-state index in [4.69, 9.17) is 17.0 Å². The fourth-order valence-electron chi connectivity index (χ4n) is 1.66. The molecule has 0 amide bonds. The topological polar surface area (TPSA) is 21.3 Å². The van der Waals surface area contributed by atoms with Gasteiger partial charge in [-0.15, -0.1) is 0 Å². The lowest BCUT2D eigenvalue weighted by molar-refractivity contribution is 0.217. The first-order valence-electron chi connectivity index (χ1n) is 5.15. The molecule has 0 atom stereocenters. The van der Waals surface area contributed by atoms with Crippen LogP contribution in [0.2, 0.25) is 0 Å². The standard InChI is InChI=1S/C10H19NOS/c1-8(2)12-10(13)11-9-6-4-3-5-7-9/h8-9H,3-7H2,1-2H3,(H,11,13). The van der Waals surface area contributed by atoms with Gasteiger partial charge in [0.15, 0.2) is 0 Å². The molecule has 0 heterocycles. The summed E-state index contributed by atoms with van der Waals surface area (Å²) < 4.78 is 5.37. The fraction of sp³-hybridized carbons (Fsp3) is 0.900. The molecule has 0 aromatic rings. The molecule has 13 heavy (non-hydrogen) atoms. The Hall–Kier alpha value is -0.310. The molecule has 76 valence electrons. The lowest BCUT2D eigenvalue weighted by Gasteiger charge is -2.24. The Balaban J connectivity index is 2.18. The van der Waals surface area contributed by atoms with Crippen molar-refractivity contribution in [3.05, 3.63) is 0 Å². The number of hydrogen-bond acceptors (Lipinski definition) is 2. The van der Waals surface area contributed by atoms with Crippen molar-refractivity contribution in [1.82, 2.24) is 5.32 Å². The van der Waals surface area contributed by atoms with Crippen LogP contribution in [0.4, 0.5) is 0 Å². The van der Waals surface area contributed by atoms with E-state index in [2.05, 4.69) is 5.32 Å². The van der Waals surface area contributed by atoms with E-state index in [1.807, 2.05) is 13.8 Å². The van der Waals surface area contributed by atoms with Gasteiger partial charge >= 0.3 is 0 Å². The zero-order valence-electron chi connectivity index (χ0n) is 8.51. The number of rotatable bonds is 2. The molecule has 1 fully saturated rings. The largest absolute Gasteiger partial charge is 0.468 e. The van der Waals surface area contributed by atoms with Crippen LogP contribution in [0, 0.1) is 0 Å². The molecule has 1 N–H and O–H groups in total. The molecule has 0 radical (unpaired) electrons. The number of nitrogens with one attached hydrogen (secondary N) is 1. The molecule has 0 bridgehead atoms. The summed E-state index contributed by atoms with van der Waals surface area (Å²) in [5.41, 5.74) is 0. The van der Waals surface area contributed by atoms with Crippen molar-refractivity contribution in [2.75, 3.05) is 0 Å². The van der Waals surface area contributed by atoms with Crippen LogP contribution in [-0.4, -0.2) is 17.3 Å². The van der Waals surface area contributed by atoms with Crippen LogP contribution in [0.3, 0.4) is 0 Å². The Morgan fingerprint density at radius 2 is 1.92 bits per heavy atom. The predicted molar refractivity (Wildman–Crippen MR) is 58.8 cm³/mol. The average molecular weight is 201 g/mol. The van der Waals surface area contributed by atoms with E-state index in [0.717, 1.165) is 0 Å². The van der Waals surface area contributed by atoms with Crippen molar-refractivity contribution in [1.29, 1.82) is 0 Å². The Bertz CT molecular complexity index is 164. The zero-order valence-corrected chi connectivity index (χ0v) is 9.32. The molecule has 2 nitrogen and oxygen atoms in total. The summed E-state index contributed by atoms with van der Waals surface area (Å²) in [5, 5.41) is 3.83. The van der Waals surface area contributed by atoms with Gasteiger partial charge in [0.05, 0.1) is 6.10 Å². The van der Waals surface area contributed by atoms with Crippen molar-refractivity contribution in [2.45, 2.75) is 58.1 Å². The lowest BCUT2D eigenvalue weighted by atomic mass is 9.96. The van der Waals surface area contributed by atoms with Gasteiger partial charge in [0.2, 0.25) is 0 Å². The van der Waals surface area contributed by atoms with Crippen molar-refractivity contribution in [3.63, 3.8) is 0 Å². The maximum atomic E-state index is 5.37. The van der Waals surface area contributed by atoms with E-state index in [1.54, 1.807) is 0 Å². The maximum absolute atomic E-state index is 5.37. The third-order valence-electron chi connectivity index (χ3n) is 2.27. The molecule has 0 aromatic heterocycles. The SMILES string of the molecule is CC(C)OC(=S)NC1CCCCC1. The summed E-state index contributed by atoms with van der Waals surface area (Å²) in [6.07, 6.45) is 6.67. The van der Waals surface area contributed by atoms with Gasteiger partial charge in [-0.25, -0.2) is 0 Å². The first-order chi connectivity index (χ1) is 6.18. The second-order valence-corrected chi connectivity index (χ2v) is 4.30.